The molecule has 0 radical (unpaired) electrons. The Morgan fingerprint density at radius 3 is 2.27 bits per heavy atom. The molecule has 0 atom stereocenters. The Balaban J connectivity index is 1.74. The lowest BCUT2D eigenvalue weighted by Crippen LogP contribution is -1.85. The third-order valence-corrected chi connectivity index (χ3v) is 4.22. The maximum Gasteiger partial charge on any atom is 0.269 e. The highest BCUT2D eigenvalue weighted by molar-refractivity contribution is 6.10. The van der Waals surface area contributed by atoms with Crippen LogP contribution < -0.4 is 0 Å². The molecular weight excluding hydrogens is 328 g/mol. The van der Waals surface area contributed by atoms with E-state index < -0.39 is 4.92 Å². The zero-order valence-electron chi connectivity index (χ0n) is 13.7. The molecule has 0 amide bonds. The van der Waals surface area contributed by atoms with Crippen molar-refractivity contribution in [2.45, 2.75) is 0 Å². The van der Waals surface area contributed by atoms with Crippen LogP contribution in [0.4, 0.5) is 17.1 Å². The minimum absolute atomic E-state index is 0.0302. The Bertz CT molecular complexity index is 1170. The molecule has 0 N–H and O–H groups in total. The summed E-state index contributed by atoms with van der Waals surface area (Å²) in [6.45, 7) is 3.89. The summed E-state index contributed by atoms with van der Waals surface area (Å²) in [7, 11) is 0. The van der Waals surface area contributed by atoms with Crippen LogP contribution in [0, 0.1) is 10.1 Å². The van der Waals surface area contributed by atoms with Gasteiger partial charge in [-0.25, -0.2) is 0 Å². The van der Waals surface area contributed by atoms with Crippen LogP contribution in [0.2, 0.25) is 0 Å². The van der Waals surface area contributed by atoms with Crippen LogP contribution in [-0.2, 0) is 0 Å². The van der Waals surface area contributed by atoms with Crippen molar-refractivity contribution in [3.8, 4) is 0 Å². The third-order valence-electron chi connectivity index (χ3n) is 4.22. The summed E-state index contributed by atoms with van der Waals surface area (Å²) >= 11 is 0. The molecule has 6 nitrogen and oxygen atoms in total. The van der Waals surface area contributed by atoms with Gasteiger partial charge in [0.2, 0.25) is 0 Å². The predicted octanol–water partition coefficient (Wildman–Crippen LogP) is 6.22. The topological polar surface area (TPSA) is 72.8 Å². The number of rotatable bonds is 4. The van der Waals surface area contributed by atoms with Gasteiger partial charge in [-0.15, -0.1) is 0 Å². The number of para-hydroxylation sites is 1. The first-order valence-corrected chi connectivity index (χ1v) is 7.99. The van der Waals surface area contributed by atoms with E-state index in [1.54, 1.807) is 18.3 Å². The minimum atomic E-state index is -0.440. The number of nitro benzene ring substituents is 1. The number of non-ortho nitro benzene ring substituents is 1. The molecule has 0 aliphatic rings. The Morgan fingerprint density at radius 1 is 0.885 bits per heavy atom. The number of nitrogens with zero attached hydrogens (tertiary/aromatic N) is 4. The second-order valence-corrected chi connectivity index (χ2v) is 5.74. The van der Waals surface area contributed by atoms with Gasteiger partial charge in [0, 0.05) is 29.1 Å². The van der Waals surface area contributed by atoms with Gasteiger partial charge in [0.15, 0.2) is 0 Å². The molecule has 1 aromatic heterocycles. The van der Waals surface area contributed by atoms with E-state index in [1.165, 1.54) is 12.1 Å². The van der Waals surface area contributed by atoms with E-state index in [1.807, 2.05) is 34.9 Å². The van der Waals surface area contributed by atoms with Crippen molar-refractivity contribution in [1.29, 1.82) is 0 Å². The van der Waals surface area contributed by atoms with Gasteiger partial charge < -0.3 is 4.57 Å². The number of nitro groups is 1. The molecule has 0 aliphatic carbocycles. The van der Waals surface area contributed by atoms with Gasteiger partial charge in [0.1, 0.15) is 0 Å². The van der Waals surface area contributed by atoms with Gasteiger partial charge in [-0.3, -0.25) is 10.1 Å². The number of fused-ring (bicyclic) bond motifs is 3. The van der Waals surface area contributed by atoms with Crippen LogP contribution in [0.15, 0.2) is 83.5 Å². The van der Waals surface area contributed by atoms with E-state index in [-0.39, 0.29) is 5.69 Å². The van der Waals surface area contributed by atoms with Crippen molar-refractivity contribution >= 4 is 45.1 Å². The average Bonchev–Trinajstić information content (AvgIpc) is 2.99. The molecule has 126 valence electrons. The molecule has 6 heteroatoms. The maximum absolute atomic E-state index is 10.7. The van der Waals surface area contributed by atoms with Gasteiger partial charge in [-0.1, -0.05) is 24.8 Å². The van der Waals surface area contributed by atoms with Crippen molar-refractivity contribution in [1.82, 2.24) is 4.57 Å². The highest BCUT2D eigenvalue weighted by atomic mass is 16.6. The maximum atomic E-state index is 10.7. The Hall–Kier alpha value is -3.80. The van der Waals surface area contributed by atoms with E-state index in [0.29, 0.717) is 11.4 Å². The summed E-state index contributed by atoms with van der Waals surface area (Å²) in [6, 6.07) is 19.9. The van der Waals surface area contributed by atoms with Crippen molar-refractivity contribution in [3.63, 3.8) is 0 Å². The van der Waals surface area contributed by atoms with Crippen LogP contribution in [-0.4, -0.2) is 9.49 Å². The van der Waals surface area contributed by atoms with Gasteiger partial charge in [-0.05, 0) is 36.4 Å². The second kappa shape index (κ2) is 6.25. The van der Waals surface area contributed by atoms with Crippen molar-refractivity contribution in [3.05, 3.63) is 83.4 Å². The standard InChI is InChI=1S/C20H14N4O2/c1-2-23-19-6-4-3-5-17(19)18-13-15(9-12-20(18)23)22-21-14-7-10-16(11-8-14)24(25)26/h2-13H,1H2. The van der Waals surface area contributed by atoms with Crippen LogP contribution >= 0.6 is 0 Å². The summed E-state index contributed by atoms with van der Waals surface area (Å²) in [5, 5.41) is 21.3. The smallest absolute Gasteiger partial charge is 0.269 e. The number of aromatic nitrogens is 1. The normalized spacial score (nSPS) is 11.4. The van der Waals surface area contributed by atoms with Gasteiger partial charge in [-0.2, -0.15) is 10.2 Å². The first kappa shape index (κ1) is 15.7. The molecule has 0 aliphatic heterocycles. The van der Waals surface area contributed by atoms with Gasteiger partial charge >= 0.3 is 0 Å². The van der Waals surface area contributed by atoms with E-state index >= 15 is 0 Å². The number of benzene rings is 3. The molecule has 0 saturated heterocycles. The average molecular weight is 342 g/mol. The van der Waals surface area contributed by atoms with Crippen LogP contribution in [0.1, 0.15) is 0 Å². The van der Waals surface area contributed by atoms with E-state index in [4.69, 9.17) is 0 Å². The Morgan fingerprint density at radius 2 is 1.54 bits per heavy atom. The Labute approximate surface area is 148 Å². The molecular formula is C20H14N4O2. The zero-order chi connectivity index (χ0) is 18.1. The molecule has 26 heavy (non-hydrogen) atoms. The first-order chi connectivity index (χ1) is 12.7. The molecule has 0 saturated carbocycles. The van der Waals surface area contributed by atoms with Crippen molar-refractivity contribution < 1.29 is 4.92 Å². The second-order valence-electron chi connectivity index (χ2n) is 5.74. The highest BCUT2D eigenvalue weighted by Crippen LogP contribution is 2.32. The van der Waals surface area contributed by atoms with E-state index in [0.717, 1.165) is 21.8 Å². The lowest BCUT2D eigenvalue weighted by atomic mass is 10.1. The summed E-state index contributed by atoms with van der Waals surface area (Å²) in [6.07, 6.45) is 1.79. The number of hydrogen-bond acceptors (Lipinski definition) is 4. The minimum Gasteiger partial charge on any atom is -0.317 e. The fourth-order valence-electron chi connectivity index (χ4n) is 3.01. The van der Waals surface area contributed by atoms with Gasteiger partial charge in [0.05, 0.1) is 27.3 Å². The Kier molecular flexibility index (Phi) is 3.78. The summed E-state index contributed by atoms with van der Waals surface area (Å²) in [4.78, 5) is 10.3. The van der Waals surface area contributed by atoms with Crippen LogP contribution in [0.25, 0.3) is 28.0 Å². The molecule has 0 unspecified atom stereocenters. The van der Waals surface area contributed by atoms with Crippen LogP contribution in [0.3, 0.4) is 0 Å². The number of hydrogen-bond donors (Lipinski definition) is 0. The molecule has 3 aromatic carbocycles. The lowest BCUT2D eigenvalue weighted by molar-refractivity contribution is -0.384. The molecule has 0 bridgehead atoms. The summed E-state index contributed by atoms with van der Waals surface area (Å²) < 4.78 is 2.04. The van der Waals surface area contributed by atoms with Crippen LogP contribution in [0.5, 0.6) is 0 Å². The van der Waals surface area contributed by atoms with E-state index in [9.17, 15) is 10.1 Å². The number of azo groups is 1. The summed E-state index contributed by atoms with van der Waals surface area (Å²) in [5.41, 5.74) is 3.44. The fourth-order valence-corrected chi connectivity index (χ4v) is 3.01. The quantitative estimate of drug-likeness (QED) is 0.251. The molecule has 1 heterocycles. The lowest BCUT2D eigenvalue weighted by Gasteiger charge is -1.99. The zero-order valence-corrected chi connectivity index (χ0v) is 13.7. The van der Waals surface area contributed by atoms with E-state index in [2.05, 4.69) is 28.9 Å². The molecule has 4 rings (SSSR count). The predicted molar refractivity (Wildman–Crippen MR) is 103 cm³/mol. The summed E-state index contributed by atoms with van der Waals surface area (Å²) in [5.74, 6) is 0. The monoisotopic (exact) mass is 342 g/mol. The van der Waals surface area contributed by atoms with Crippen molar-refractivity contribution in [2.24, 2.45) is 10.2 Å². The van der Waals surface area contributed by atoms with Crippen molar-refractivity contribution in [2.75, 3.05) is 0 Å². The fraction of sp³-hybridized carbons (Fsp3) is 0. The SMILES string of the molecule is C=Cn1c2ccccc2c2cc(N=Nc3ccc([N+](=O)[O-])cc3)ccc21. The molecule has 0 spiro atoms. The first-order valence-electron chi connectivity index (χ1n) is 7.99. The molecule has 4 aromatic rings. The largest absolute Gasteiger partial charge is 0.317 e. The highest BCUT2D eigenvalue weighted by Gasteiger charge is 2.09. The molecule has 0 fully saturated rings. The third kappa shape index (κ3) is 2.63. The van der Waals surface area contributed by atoms with Gasteiger partial charge in [0.25, 0.3) is 5.69 Å².